The van der Waals surface area contributed by atoms with Gasteiger partial charge in [0.05, 0.1) is 4.60 Å². The molecule has 5 heteroatoms. The standard InChI is InChI=1S/C13H21BrN2O2/c1-5-10-6-7-11(14)16(10)9-8-15-12(17)18-13(2,3)4/h6-7H,5,8-9H2,1-4H3,(H,15,17). The number of aryl methyl sites for hydroxylation is 1. The summed E-state index contributed by atoms with van der Waals surface area (Å²) in [5, 5.41) is 2.75. The highest BCUT2D eigenvalue weighted by Crippen LogP contribution is 2.15. The van der Waals surface area contributed by atoms with Gasteiger partial charge in [-0.05, 0) is 55.3 Å². The molecule has 1 N–H and O–H groups in total. The van der Waals surface area contributed by atoms with Crippen LogP contribution in [0.15, 0.2) is 16.7 Å². The van der Waals surface area contributed by atoms with Crippen LogP contribution in [0.2, 0.25) is 0 Å². The number of halogens is 1. The number of ether oxygens (including phenoxy) is 1. The molecular weight excluding hydrogens is 296 g/mol. The van der Waals surface area contributed by atoms with Gasteiger partial charge in [-0.15, -0.1) is 0 Å². The van der Waals surface area contributed by atoms with Crippen LogP contribution in [0, 0.1) is 0 Å². The van der Waals surface area contributed by atoms with Crippen molar-refractivity contribution in [1.29, 1.82) is 0 Å². The third-order valence-corrected chi connectivity index (χ3v) is 3.08. The fraction of sp³-hybridized carbons (Fsp3) is 0.615. The first-order chi connectivity index (χ1) is 8.33. The Labute approximate surface area is 117 Å². The minimum atomic E-state index is -0.452. The number of alkyl carbamates (subject to hydrolysis) is 1. The lowest BCUT2D eigenvalue weighted by atomic mass is 10.2. The largest absolute Gasteiger partial charge is 0.444 e. The summed E-state index contributed by atoms with van der Waals surface area (Å²) < 4.78 is 8.34. The second-order valence-electron chi connectivity index (χ2n) is 5.08. The van der Waals surface area contributed by atoms with Crippen molar-refractivity contribution in [3.05, 3.63) is 22.4 Å². The summed E-state index contributed by atoms with van der Waals surface area (Å²) in [5.41, 5.74) is 0.792. The van der Waals surface area contributed by atoms with Crippen LogP contribution in [0.3, 0.4) is 0 Å². The predicted molar refractivity (Wildman–Crippen MR) is 75.7 cm³/mol. The molecule has 1 amide bonds. The quantitative estimate of drug-likeness (QED) is 0.925. The fourth-order valence-electron chi connectivity index (χ4n) is 1.63. The van der Waals surface area contributed by atoms with Gasteiger partial charge < -0.3 is 14.6 Å². The number of hydrogen-bond donors (Lipinski definition) is 1. The Morgan fingerprint density at radius 2 is 2.11 bits per heavy atom. The van der Waals surface area contributed by atoms with Crippen LogP contribution in [-0.2, 0) is 17.7 Å². The van der Waals surface area contributed by atoms with E-state index in [1.807, 2.05) is 26.8 Å². The second-order valence-corrected chi connectivity index (χ2v) is 5.89. The van der Waals surface area contributed by atoms with Crippen LogP contribution in [0.4, 0.5) is 4.79 Å². The van der Waals surface area contributed by atoms with E-state index in [0.29, 0.717) is 6.54 Å². The molecule has 0 aromatic carbocycles. The molecule has 1 rings (SSSR count). The number of carbonyl (C=O) groups is 1. The van der Waals surface area contributed by atoms with Crippen molar-refractivity contribution >= 4 is 22.0 Å². The summed E-state index contributed by atoms with van der Waals surface area (Å²) in [5.74, 6) is 0. The van der Waals surface area contributed by atoms with E-state index in [1.54, 1.807) is 0 Å². The Morgan fingerprint density at radius 3 is 2.67 bits per heavy atom. The fourth-order valence-corrected chi connectivity index (χ4v) is 2.16. The Balaban J connectivity index is 2.42. The molecule has 1 aromatic heterocycles. The highest BCUT2D eigenvalue weighted by Gasteiger charge is 2.15. The molecule has 102 valence electrons. The Morgan fingerprint density at radius 1 is 1.44 bits per heavy atom. The van der Waals surface area contributed by atoms with Crippen molar-refractivity contribution in [1.82, 2.24) is 9.88 Å². The first-order valence-corrected chi connectivity index (χ1v) is 6.93. The summed E-state index contributed by atoms with van der Waals surface area (Å²) in [6, 6.07) is 4.10. The summed E-state index contributed by atoms with van der Waals surface area (Å²) in [7, 11) is 0. The van der Waals surface area contributed by atoms with Crippen LogP contribution >= 0.6 is 15.9 Å². The number of rotatable bonds is 4. The summed E-state index contributed by atoms with van der Waals surface area (Å²) in [4.78, 5) is 11.5. The normalized spacial score (nSPS) is 11.4. The molecule has 0 saturated heterocycles. The van der Waals surface area contributed by atoms with Gasteiger partial charge in [-0.3, -0.25) is 0 Å². The van der Waals surface area contributed by atoms with E-state index in [1.165, 1.54) is 5.69 Å². The zero-order valence-corrected chi connectivity index (χ0v) is 13.0. The van der Waals surface area contributed by atoms with Gasteiger partial charge in [0.2, 0.25) is 0 Å². The number of hydrogen-bond acceptors (Lipinski definition) is 2. The maximum Gasteiger partial charge on any atom is 0.407 e. The molecule has 1 heterocycles. The average Bonchev–Trinajstić information content (AvgIpc) is 2.57. The highest BCUT2D eigenvalue weighted by atomic mass is 79.9. The van der Waals surface area contributed by atoms with E-state index in [0.717, 1.165) is 17.6 Å². The molecule has 1 aromatic rings. The molecule has 4 nitrogen and oxygen atoms in total. The average molecular weight is 317 g/mol. The lowest BCUT2D eigenvalue weighted by molar-refractivity contribution is 0.0526. The van der Waals surface area contributed by atoms with Crippen LogP contribution in [0.5, 0.6) is 0 Å². The van der Waals surface area contributed by atoms with Gasteiger partial charge in [-0.25, -0.2) is 4.79 Å². The highest BCUT2D eigenvalue weighted by molar-refractivity contribution is 9.10. The first-order valence-electron chi connectivity index (χ1n) is 6.14. The van der Waals surface area contributed by atoms with E-state index in [2.05, 4.69) is 38.8 Å². The van der Waals surface area contributed by atoms with Crippen molar-refractivity contribution < 1.29 is 9.53 Å². The van der Waals surface area contributed by atoms with Gasteiger partial charge >= 0.3 is 6.09 Å². The van der Waals surface area contributed by atoms with Gasteiger partial charge in [-0.1, -0.05) is 6.92 Å². The zero-order chi connectivity index (χ0) is 13.8. The van der Waals surface area contributed by atoms with Gasteiger partial charge in [-0.2, -0.15) is 0 Å². The van der Waals surface area contributed by atoms with Gasteiger partial charge in [0.1, 0.15) is 5.60 Å². The minimum absolute atomic E-state index is 0.371. The predicted octanol–water partition coefficient (Wildman–Crippen LogP) is 3.34. The van der Waals surface area contributed by atoms with E-state index in [4.69, 9.17) is 4.74 Å². The van der Waals surface area contributed by atoms with Crippen LogP contribution in [0.1, 0.15) is 33.4 Å². The Kier molecular flexibility index (Phi) is 5.26. The van der Waals surface area contributed by atoms with E-state index >= 15 is 0 Å². The SMILES string of the molecule is CCc1ccc(Br)n1CCNC(=O)OC(C)(C)C. The first kappa shape index (κ1) is 15.1. The monoisotopic (exact) mass is 316 g/mol. The summed E-state index contributed by atoms with van der Waals surface area (Å²) >= 11 is 3.49. The number of carbonyl (C=O) groups excluding carboxylic acids is 1. The molecule has 0 spiro atoms. The Bertz CT molecular complexity index is 408. The molecule has 0 radical (unpaired) electrons. The van der Waals surface area contributed by atoms with Gasteiger partial charge in [0.25, 0.3) is 0 Å². The van der Waals surface area contributed by atoms with Gasteiger partial charge in [0, 0.05) is 18.8 Å². The summed E-state index contributed by atoms with van der Waals surface area (Å²) in [6.45, 7) is 8.95. The summed E-state index contributed by atoms with van der Waals surface area (Å²) in [6.07, 6.45) is 0.599. The molecule has 18 heavy (non-hydrogen) atoms. The van der Waals surface area contributed by atoms with Crippen molar-refractivity contribution in [2.45, 2.75) is 46.3 Å². The maximum absolute atomic E-state index is 11.5. The second kappa shape index (κ2) is 6.27. The molecule has 0 unspecified atom stereocenters. The van der Waals surface area contributed by atoms with Crippen LogP contribution in [-0.4, -0.2) is 22.8 Å². The number of aromatic nitrogens is 1. The third-order valence-electron chi connectivity index (χ3n) is 2.38. The van der Waals surface area contributed by atoms with Crippen LogP contribution in [0.25, 0.3) is 0 Å². The topological polar surface area (TPSA) is 43.3 Å². The molecule has 0 atom stereocenters. The number of nitrogens with zero attached hydrogens (tertiary/aromatic N) is 1. The van der Waals surface area contributed by atoms with Crippen molar-refractivity contribution in [3.8, 4) is 0 Å². The van der Waals surface area contributed by atoms with Crippen molar-refractivity contribution in [2.24, 2.45) is 0 Å². The minimum Gasteiger partial charge on any atom is -0.444 e. The molecule has 0 aliphatic carbocycles. The lowest BCUT2D eigenvalue weighted by Crippen LogP contribution is -2.34. The molecule has 0 bridgehead atoms. The van der Waals surface area contributed by atoms with Crippen LogP contribution < -0.4 is 5.32 Å². The molecule has 0 saturated carbocycles. The zero-order valence-electron chi connectivity index (χ0n) is 11.4. The number of nitrogens with one attached hydrogen (secondary N) is 1. The van der Waals surface area contributed by atoms with E-state index in [-0.39, 0.29) is 6.09 Å². The van der Waals surface area contributed by atoms with Gasteiger partial charge in [0.15, 0.2) is 0 Å². The van der Waals surface area contributed by atoms with Crippen molar-refractivity contribution in [2.75, 3.05) is 6.54 Å². The molecule has 0 aliphatic heterocycles. The molecule has 0 fully saturated rings. The van der Waals surface area contributed by atoms with Crippen molar-refractivity contribution in [3.63, 3.8) is 0 Å². The molecule has 0 aliphatic rings. The van der Waals surface area contributed by atoms with E-state index in [9.17, 15) is 4.79 Å². The Hall–Kier alpha value is -0.970. The number of amides is 1. The smallest absolute Gasteiger partial charge is 0.407 e. The van der Waals surface area contributed by atoms with E-state index < -0.39 is 5.60 Å². The molecular formula is C13H21BrN2O2. The third kappa shape index (κ3) is 4.72. The lowest BCUT2D eigenvalue weighted by Gasteiger charge is -2.20. The maximum atomic E-state index is 11.5.